The predicted molar refractivity (Wildman–Crippen MR) is 131 cm³/mol. The first kappa shape index (κ1) is 24.1. The van der Waals surface area contributed by atoms with E-state index < -0.39 is 17.6 Å². The molecular formula is C28H24F3NO3. The Morgan fingerprint density at radius 1 is 1.06 bits per heavy atom. The van der Waals surface area contributed by atoms with E-state index in [1.54, 1.807) is 19.3 Å². The van der Waals surface area contributed by atoms with E-state index in [0.29, 0.717) is 23.5 Å². The summed E-state index contributed by atoms with van der Waals surface area (Å²) >= 11 is 0. The van der Waals surface area contributed by atoms with E-state index in [-0.39, 0.29) is 5.69 Å². The number of carbonyl (C=O) groups excluding carboxylic acids is 1. The van der Waals surface area contributed by atoms with E-state index in [4.69, 9.17) is 9.15 Å². The van der Waals surface area contributed by atoms with Crippen LogP contribution in [0.5, 0.6) is 5.75 Å². The van der Waals surface area contributed by atoms with Crippen LogP contribution in [0.15, 0.2) is 77.4 Å². The number of carbonyl (C=O) groups is 1. The van der Waals surface area contributed by atoms with Gasteiger partial charge in [0.05, 0.1) is 18.4 Å². The molecule has 35 heavy (non-hydrogen) atoms. The minimum atomic E-state index is -4.43. The number of hydrogen-bond donors (Lipinski definition) is 1. The molecule has 3 aromatic carbocycles. The monoisotopic (exact) mass is 479 g/mol. The molecule has 0 aliphatic rings. The fraction of sp³-hybridized carbons (Fsp3) is 0.179. The lowest BCUT2D eigenvalue weighted by atomic mass is 9.98. The number of benzene rings is 3. The molecule has 0 unspecified atom stereocenters. The van der Waals surface area contributed by atoms with Crippen LogP contribution in [0.1, 0.15) is 30.5 Å². The first-order valence-electron chi connectivity index (χ1n) is 11.1. The van der Waals surface area contributed by atoms with Crippen molar-refractivity contribution >= 4 is 28.1 Å². The van der Waals surface area contributed by atoms with Crippen LogP contribution in [-0.2, 0) is 11.0 Å². The number of rotatable bonds is 6. The second-order valence-electron chi connectivity index (χ2n) is 8.18. The molecular weight excluding hydrogens is 455 g/mol. The lowest BCUT2D eigenvalue weighted by molar-refractivity contribution is -0.137. The summed E-state index contributed by atoms with van der Waals surface area (Å²) in [6, 6.07) is 16.1. The molecule has 0 atom stereocenters. The van der Waals surface area contributed by atoms with Gasteiger partial charge >= 0.3 is 6.18 Å². The Morgan fingerprint density at radius 2 is 1.74 bits per heavy atom. The first-order valence-corrected chi connectivity index (χ1v) is 11.1. The Balaban J connectivity index is 1.65. The molecule has 7 heteroatoms. The van der Waals surface area contributed by atoms with Gasteiger partial charge in [0.15, 0.2) is 0 Å². The van der Waals surface area contributed by atoms with E-state index in [0.717, 1.165) is 39.8 Å². The van der Waals surface area contributed by atoms with Crippen LogP contribution in [0.3, 0.4) is 0 Å². The molecule has 0 bridgehead atoms. The molecule has 0 radical (unpaired) electrons. The second kappa shape index (κ2) is 9.70. The smallest absolute Gasteiger partial charge is 0.416 e. The summed E-state index contributed by atoms with van der Waals surface area (Å²) in [5.41, 5.74) is 4.59. The Kier molecular flexibility index (Phi) is 6.69. The highest BCUT2D eigenvalue weighted by molar-refractivity contribution is 6.05. The number of amides is 1. The molecule has 0 spiro atoms. The Bertz CT molecular complexity index is 1380. The quantitative estimate of drug-likeness (QED) is 0.286. The number of anilines is 1. The van der Waals surface area contributed by atoms with Crippen molar-refractivity contribution in [2.24, 2.45) is 0 Å². The number of aryl methyl sites for hydroxylation is 1. The summed E-state index contributed by atoms with van der Waals surface area (Å²) in [5.74, 6) is 0.108. The van der Waals surface area contributed by atoms with Crippen molar-refractivity contribution in [1.29, 1.82) is 0 Å². The average molecular weight is 479 g/mol. The zero-order valence-electron chi connectivity index (χ0n) is 19.5. The summed E-state index contributed by atoms with van der Waals surface area (Å²) in [4.78, 5) is 12.6. The average Bonchev–Trinajstić information content (AvgIpc) is 3.22. The van der Waals surface area contributed by atoms with Crippen molar-refractivity contribution < 1.29 is 27.1 Å². The van der Waals surface area contributed by atoms with Crippen LogP contribution >= 0.6 is 0 Å². The molecule has 180 valence electrons. The zero-order chi connectivity index (χ0) is 25.2. The molecule has 1 amide bonds. The molecule has 4 aromatic rings. The van der Waals surface area contributed by atoms with Gasteiger partial charge in [-0.15, -0.1) is 0 Å². The highest BCUT2D eigenvalue weighted by Crippen LogP contribution is 2.37. The molecule has 0 fully saturated rings. The summed E-state index contributed by atoms with van der Waals surface area (Å²) in [6.45, 7) is 6.09. The third kappa shape index (κ3) is 5.40. The molecule has 1 N–H and O–H groups in total. The van der Waals surface area contributed by atoms with E-state index in [1.165, 1.54) is 18.2 Å². The number of nitrogens with one attached hydrogen (secondary N) is 1. The van der Waals surface area contributed by atoms with Gasteiger partial charge in [-0.1, -0.05) is 29.8 Å². The number of halogens is 3. The Hall–Kier alpha value is -4.00. The fourth-order valence-corrected chi connectivity index (χ4v) is 3.79. The number of furan rings is 1. The molecule has 0 saturated carbocycles. The maximum Gasteiger partial charge on any atom is 0.416 e. The topological polar surface area (TPSA) is 51.5 Å². The van der Waals surface area contributed by atoms with Gasteiger partial charge in [0.1, 0.15) is 11.3 Å². The van der Waals surface area contributed by atoms with Crippen LogP contribution in [-0.4, -0.2) is 12.5 Å². The number of fused-ring (bicyclic) bond motifs is 1. The van der Waals surface area contributed by atoms with Crippen molar-refractivity contribution in [2.45, 2.75) is 26.9 Å². The van der Waals surface area contributed by atoms with Gasteiger partial charge in [0, 0.05) is 34.3 Å². The minimum absolute atomic E-state index is 0.268. The van der Waals surface area contributed by atoms with Crippen molar-refractivity contribution in [3.05, 3.63) is 89.7 Å². The van der Waals surface area contributed by atoms with Gasteiger partial charge in [0.2, 0.25) is 5.91 Å². The SMILES string of the molecule is CCOc1cc2occ(-c3ccc(C)cc3)c2cc1/C(C)=C/C(=O)Nc1ccc(C(F)(F)F)cc1. The molecule has 0 aliphatic heterocycles. The summed E-state index contributed by atoms with van der Waals surface area (Å²) in [7, 11) is 0. The summed E-state index contributed by atoms with van der Waals surface area (Å²) in [5, 5.41) is 3.48. The van der Waals surface area contributed by atoms with E-state index >= 15 is 0 Å². The van der Waals surface area contributed by atoms with Gasteiger partial charge in [-0.3, -0.25) is 4.79 Å². The van der Waals surface area contributed by atoms with Crippen molar-refractivity contribution in [1.82, 2.24) is 0 Å². The standard InChI is InChI=1S/C28H24F3NO3/c1-4-34-25-15-26-23(24(16-35-26)19-7-5-17(2)6-8-19)14-22(25)18(3)13-27(33)32-21-11-9-20(10-12-21)28(29,30)31/h5-16H,4H2,1-3H3,(H,32,33)/b18-13+. The number of hydrogen-bond acceptors (Lipinski definition) is 3. The highest BCUT2D eigenvalue weighted by Gasteiger charge is 2.30. The van der Waals surface area contributed by atoms with Gasteiger partial charge < -0.3 is 14.5 Å². The van der Waals surface area contributed by atoms with Gasteiger partial charge in [-0.25, -0.2) is 0 Å². The van der Waals surface area contributed by atoms with E-state index in [1.807, 2.05) is 44.2 Å². The lowest BCUT2D eigenvalue weighted by Gasteiger charge is -2.12. The van der Waals surface area contributed by atoms with Crippen LogP contribution in [0, 0.1) is 6.92 Å². The number of ether oxygens (including phenoxy) is 1. The van der Waals surface area contributed by atoms with Crippen LogP contribution in [0.2, 0.25) is 0 Å². The van der Waals surface area contributed by atoms with Gasteiger partial charge in [-0.2, -0.15) is 13.2 Å². The van der Waals surface area contributed by atoms with E-state index in [9.17, 15) is 18.0 Å². The lowest BCUT2D eigenvalue weighted by Crippen LogP contribution is -2.10. The molecule has 1 heterocycles. The largest absolute Gasteiger partial charge is 0.493 e. The van der Waals surface area contributed by atoms with Gasteiger partial charge in [0.25, 0.3) is 0 Å². The third-order valence-electron chi connectivity index (χ3n) is 5.59. The normalized spacial score (nSPS) is 12.1. The van der Waals surface area contributed by atoms with Crippen molar-refractivity contribution in [3.63, 3.8) is 0 Å². The van der Waals surface area contributed by atoms with Crippen LogP contribution in [0.25, 0.3) is 27.7 Å². The fourth-order valence-electron chi connectivity index (χ4n) is 3.79. The second-order valence-corrected chi connectivity index (χ2v) is 8.18. The first-order chi connectivity index (χ1) is 16.7. The van der Waals surface area contributed by atoms with Crippen molar-refractivity contribution in [2.75, 3.05) is 11.9 Å². The number of allylic oxidation sites excluding steroid dienone is 1. The molecule has 0 aliphatic carbocycles. The highest BCUT2D eigenvalue weighted by atomic mass is 19.4. The van der Waals surface area contributed by atoms with Crippen LogP contribution < -0.4 is 10.1 Å². The molecule has 4 nitrogen and oxygen atoms in total. The third-order valence-corrected chi connectivity index (χ3v) is 5.59. The predicted octanol–water partition coefficient (Wildman–Crippen LogP) is 7.87. The zero-order valence-corrected chi connectivity index (χ0v) is 19.5. The van der Waals surface area contributed by atoms with Crippen molar-refractivity contribution in [3.8, 4) is 16.9 Å². The summed E-state index contributed by atoms with van der Waals surface area (Å²) < 4.78 is 49.9. The van der Waals surface area contributed by atoms with E-state index in [2.05, 4.69) is 5.32 Å². The Morgan fingerprint density at radius 3 is 2.37 bits per heavy atom. The minimum Gasteiger partial charge on any atom is -0.493 e. The summed E-state index contributed by atoms with van der Waals surface area (Å²) in [6.07, 6.45) is -1.34. The molecule has 4 rings (SSSR count). The van der Waals surface area contributed by atoms with Crippen LogP contribution in [0.4, 0.5) is 18.9 Å². The molecule has 1 aromatic heterocycles. The maximum absolute atomic E-state index is 12.8. The Labute approximate surface area is 201 Å². The molecule has 0 saturated heterocycles. The number of alkyl halides is 3. The van der Waals surface area contributed by atoms with Gasteiger partial charge in [-0.05, 0) is 62.2 Å². The maximum atomic E-state index is 12.8.